The van der Waals surface area contributed by atoms with E-state index in [2.05, 4.69) is 31.0 Å². The Morgan fingerprint density at radius 3 is 2.67 bits per heavy atom. The molecular formula is C15H30N2O. The van der Waals surface area contributed by atoms with Gasteiger partial charge in [-0.25, -0.2) is 0 Å². The van der Waals surface area contributed by atoms with E-state index in [4.69, 9.17) is 4.74 Å². The van der Waals surface area contributed by atoms with Crippen LogP contribution in [0.5, 0.6) is 0 Å². The number of hydrogen-bond donors (Lipinski definition) is 1. The summed E-state index contributed by atoms with van der Waals surface area (Å²) in [6, 6.07) is 1.43. The molecule has 1 heterocycles. The van der Waals surface area contributed by atoms with Gasteiger partial charge in [-0.2, -0.15) is 0 Å². The molecule has 0 aromatic heterocycles. The topological polar surface area (TPSA) is 24.5 Å². The lowest BCUT2D eigenvalue weighted by atomic mass is 9.85. The van der Waals surface area contributed by atoms with Crippen molar-refractivity contribution in [3.63, 3.8) is 0 Å². The van der Waals surface area contributed by atoms with E-state index >= 15 is 0 Å². The number of piperidine rings is 1. The number of nitrogens with one attached hydrogen (secondary N) is 1. The summed E-state index contributed by atoms with van der Waals surface area (Å²) in [6.07, 6.45) is 5.77. The summed E-state index contributed by atoms with van der Waals surface area (Å²) in [5.74, 6) is 0.854. The first kappa shape index (κ1) is 14.3. The normalized spacial score (nSPS) is 32.8. The van der Waals surface area contributed by atoms with Crippen molar-refractivity contribution in [2.75, 3.05) is 26.2 Å². The molecule has 3 heteroatoms. The predicted molar refractivity (Wildman–Crippen MR) is 75.9 cm³/mol. The number of hydrogen-bond acceptors (Lipinski definition) is 3. The monoisotopic (exact) mass is 254 g/mol. The fourth-order valence-corrected chi connectivity index (χ4v) is 3.34. The molecule has 1 aliphatic heterocycles. The first-order valence-electron chi connectivity index (χ1n) is 7.78. The van der Waals surface area contributed by atoms with Gasteiger partial charge < -0.3 is 10.1 Å². The van der Waals surface area contributed by atoms with Gasteiger partial charge in [0.2, 0.25) is 0 Å². The van der Waals surface area contributed by atoms with E-state index in [-0.39, 0.29) is 0 Å². The van der Waals surface area contributed by atoms with Gasteiger partial charge in [0, 0.05) is 25.2 Å². The molecule has 2 fully saturated rings. The van der Waals surface area contributed by atoms with Crippen molar-refractivity contribution in [3.8, 4) is 0 Å². The van der Waals surface area contributed by atoms with E-state index in [1.807, 2.05) is 0 Å². The van der Waals surface area contributed by atoms with Crippen molar-refractivity contribution >= 4 is 0 Å². The third-order valence-electron chi connectivity index (χ3n) is 4.47. The first-order valence-corrected chi connectivity index (χ1v) is 7.78. The van der Waals surface area contributed by atoms with Crippen molar-refractivity contribution in [3.05, 3.63) is 0 Å². The first-order chi connectivity index (χ1) is 8.70. The number of ether oxygens (including phenoxy) is 1. The van der Waals surface area contributed by atoms with Gasteiger partial charge in [0.15, 0.2) is 0 Å². The molecule has 3 nitrogen and oxygen atoms in total. The van der Waals surface area contributed by atoms with E-state index in [0.29, 0.717) is 12.1 Å². The fourth-order valence-electron chi connectivity index (χ4n) is 3.34. The Morgan fingerprint density at radius 2 is 2.11 bits per heavy atom. The minimum absolute atomic E-state index is 0.533. The minimum atomic E-state index is 0.533. The van der Waals surface area contributed by atoms with Gasteiger partial charge in [-0.05, 0) is 65.5 Å². The van der Waals surface area contributed by atoms with Crippen LogP contribution in [0.2, 0.25) is 0 Å². The Balaban J connectivity index is 1.77. The van der Waals surface area contributed by atoms with Crippen molar-refractivity contribution in [2.24, 2.45) is 5.92 Å². The summed E-state index contributed by atoms with van der Waals surface area (Å²) >= 11 is 0. The second-order valence-electron chi connectivity index (χ2n) is 6.21. The highest BCUT2D eigenvalue weighted by Crippen LogP contribution is 2.30. The Hall–Kier alpha value is -0.120. The van der Waals surface area contributed by atoms with Gasteiger partial charge in [0.05, 0.1) is 6.10 Å². The van der Waals surface area contributed by atoms with Crippen molar-refractivity contribution < 1.29 is 4.74 Å². The Labute approximate surface area is 112 Å². The molecular weight excluding hydrogens is 224 g/mol. The second-order valence-corrected chi connectivity index (χ2v) is 6.21. The highest BCUT2D eigenvalue weighted by atomic mass is 16.5. The Kier molecular flexibility index (Phi) is 5.46. The molecule has 0 bridgehead atoms. The van der Waals surface area contributed by atoms with Crippen molar-refractivity contribution in [2.45, 2.75) is 64.6 Å². The molecule has 0 aromatic rings. The van der Waals surface area contributed by atoms with Crippen LogP contribution in [0.1, 0.15) is 46.5 Å². The van der Waals surface area contributed by atoms with Crippen molar-refractivity contribution in [1.29, 1.82) is 0 Å². The summed E-state index contributed by atoms with van der Waals surface area (Å²) in [5.41, 5.74) is 0. The molecule has 0 amide bonds. The number of nitrogens with zero attached hydrogens (tertiary/aromatic N) is 1. The third kappa shape index (κ3) is 3.69. The molecule has 1 unspecified atom stereocenters. The van der Waals surface area contributed by atoms with Gasteiger partial charge in [0.25, 0.3) is 0 Å². The molecule has 0 spiro atoms. The van der Waals surface area contributed by atoms with Crippen LogP contribution < -0.4 is 5.32 Å². The molecule has 106 valence electrons. The third-order valence-corrected chi connectivity index (χ3v) is 4.47. The Bertz CT molecular complexity index is 233. The lowest BCUT2D eigenvalue weighted by Gasteiger charge is -2.46. The standard InChI is InChI=1S/C15H30N2O/c1-4-18-15-8-14(9-15)17(12(2)3)11-13-6-5-7-16-10-13/h12-16H,4-11H2,1-3H3. The molecule has 1 aliphatic carbocycles. The summed E-state index contributed by atoms with van der Waals surface area (Å²) in [6.45, 7) is 11.3. The van der Waals surface area contributed by atoms with Crippen LogP contribution in [0.3, 0.4) is 0 Å². The molecule has 0 radical (unpaired) electrons. The lowest BCUT2D eigenvalue weighted by molar-refractivity contribution is -0.0585. The van der Waals surface area contributed by atoms with Crippen molar-refractivity contribution in [1.82, 2.24) is 10.2 Å². The second kappa shape index (κ2) is 6.88. The maximum Gasteiger partial charge on any atom is 0.0604 e. The van der Waals surface area contributed by atoms with E-state index in [1.54, 1.807) is 0 Å². The van der Waals surface area contributed by atoms with Crippen LogP contribution in [0.15, 0.2) is 0 Å². The van der Waals surface area contributed by atoms with Gasteiger partial charge in [-0.15, -0.1) is 0 Å². The molecule has 18 heavy (non-hydrogen) atoms. The van der Waals surface area contributed by atoms with Gasteiger partial charge in [0.1, 0.15) is 0 Å². The molecule has 1 saturated heterocycles. The van der Waals surface area contributed by atoms with Gasteiger partial charge in [-0.1, -0.05) is 0 Å². The van der Waals surface area contributed by atoms with Crippen LogP contribution in [0, 0.1) is 5.92 Å². The average Bonchev–Trinajstić information content (AvgIpc) is 2.32. The van der Waals surface area contributed by atoms with E-state index in [0.717, 1.165) is 18.6 Å². The fraction of sp³-hybridized carbons (Fsp3) is 1.00. The molecule has 1 atom stereocenters. The quantitative estimate of drug-likeness (QED) is 0.787. The van der Waals surface area contributed by atoms with Crippen LogP contribution >= 0.6 is 0 Å². The van der Waals surface area contributed by atoms with Crippen LogP contribution in [-0.2, 0) is 4.74 Å². The summed E-state index contributed by atoms with van der Waals surface area (Å²) < 4.78 is 5.69. The molecule has 0 aromatic carbocycles. The lowest BCUT2D eigenvalue weighted by Crippen LogP contribution is -2.53. The molecule has 2 rings (SSSR count). The molecule has 1 saturated carbocycles. The zero-order valence-corrected chi connectivity index (χ0v) is 12.3. The zero-order valence-electron chi connectivity index (χ0n) is 12.3. The SMILES string of the molecule is CCOC1CC(N(CC2CCCNC2)C(C)C)C1. The van der Waals surface area contributed by atoms with E-state index < -0.39 is 0 Å². The highest BCUT2D eigenvalue weighted by Gasteiger charge is 2.36. The van der Waals surface area contributed by atoms with Gasteiger partial charge >= 0.3 is 0 Å². The van der Waals surface area contributed by atoms with E-state index in [1.165, 1.54) is 45.3 Å². The largest absolute Gasteiger partial charge is 0.378 e. The maximum atomic E-state index is 5.69. The van der Waals surface area contributed by atoms with Crippen LogP contribution in [0.4, 0.5) is 0 Å². The summed E-state index contributed by atoms with van der Waals surface area (Å²) in [4.78, 5) is 2.72. The molecule has 2 aliphatic rings. The predicted octanol–water partition coefficient (Wildman–Crippen LogP) is 2.26. The average molecular weight is 254 g/mol. The minimum Gasteiger partial charge on any atom is -0.378 e. The maximum absolute atomic E-state index is 5.69. The van der Waals surface area contributed by atoms with Gasteiger partial charge in [-0.3, -0.25) is 4.90 Å². The highest BCUT2D eigenvalue weighted by molar-refractivity contribution is 4.90. The zero-order chi connectivity index (χ0) is 13.0. The summed E-state index contributed by atoms with van der Waals surface area (Å²) in [7, 11) is 0. The summed E-state index contributed by atoms with van der Waals surface area (Å²) in [5, 5.41) is 3.53. The van der Waals surface area contributed by atoms with Crippen LogP contribution in [0.25, 0.3) is 0 Å². The molecule has 1 N–H and O–H groups in total. The van der Waals surface area contributed by atoms with E-state index in [9.17, 15) is 0 Å². The smallest absolute Gasteiger partial charge is 0.0604 e. The Morgan fingerprint density at radius 1 is 1.33 bits per heavy atom. The number of rotatable bonds is 6. The van der Waals surface area contributed by atoms with Crippen LogP contribution in [-0.4, -0.2) is 49.3 Å².